The summed E-state index contributed by atoms with van der Waals surface area (Å²) < 4.78 is 19.8. The highest BCUT2D eigenvalue weighted by atomic mass is 19.1. The number of para-hydroxylation sites is 2. The first-order chi connectivity index (χ1) is 16.9. The van der Waals surface area contributed by atoms with E-state index >= 15 is 4.39 Å². The Morgan fingerprint density at radius 2 is 1.54 bits per heavy atom. The average Bonchev–Trinajstić information content (AvgIpc) is 3.23. The molecule has 35 heavy (non-hydrogen) atoms. The molecule has 6 rings (SSSR count). The number of aryl methyl sites for hydroxylation is 2. The molecule has 0 bridgehead atoms. The summed E-state index contributed by atoms with van der Waals surface area (Å²) in [4.78, 5) is 26.7. The van der Waals surface area contributed by atoms with Crippen molar-refractivity contribution in [2.45, 2.75) is 13.0 Å². The number of benzene rings is 3. The standard InChI is InChI=1S/C28H23FN4O2/c1-16-12-14-17(15-13-16)23-26-25-22(27(34)32(3)28(35)31(25)2)24(18-8-4-5-9-19(18)29)33(26)21-11-7-6-10-20(21)30-23/h4-15,23,30H,1-3H3/t23-/m1/s1. The Morgan fingerprint density at radius 3 is 2.29 bits per heavy atom. The van der Waals surface area contributed by atoms with Crippen LogP contribution in [-0.4, -0.2) is 13.7 Å². The predicted octanol–water partition coefficient (Wildman–Crippen LogP) is 4.66. The summed E-state index contributed by atoms with van der Waals surface area (Å²) in [5, 5.41) is 3.91. The van der Waals surface area contributed by atoms with Gasteiger partial charge in [-0.1, -0.05) is 54.1 Å². The molecule has 0 amide bonds. The molecule has 0 spiro atoms. The molecule has 174 valence electrons. The number of fused-ring (bicyclic) bond motifs is 5. The van der Waals surface area contributed by atoms with Gasteiger partial charge in [-0.25, -0.2) is 9.18 Å². The minimum Gasteiger partial charge on any atom is -0.371 e. The third kappa shape index (κ3) is 2.94. The van der Waals surface area contributed by atoms with Gasteiger partial charge in [-0.05, 0) is 36.8 Å². The highest BCUT2D eigenvalue weighted by Gasteiger charge is 2.35. The van der Waals surface area contributed by atoms with Crippen molar-refractivity contribution in [2.24, 2.45) is 14.1 Å². The number of hydrogen-bond acceptors (Lipinski definition) is 3. The van der Waals surface area contributed by atoms with E-state index in [-0.39, 0.29) is 6.04 Å². The fourth-order valence-corrected chi connectivity index (χ4v) is 5.13. The summed E-state index contributed by atoms with van der Waals surface area (Å²) in [6, 6.07) is 21.9. The fraction of sp³-hybridized carbons (Fsp3) is 0.143. The molecule has 6 nitrogen and oxygen atoms in total. The maximum Gasteiger partial charge on any atom is 0.331 e. The molecule has 0 saturated carbocycles. The average molecular weight is 467 g/mol. The molecule has 3 heterocycles. The van der Waals surface area contributed by atoms with Crippen LogP contribution in [0.1, 0.15) is 22.9 Å². The van der Waals surface area contributed by atoms with E-state index < -0.39 is 17.1 Å². The lowest BCUT2D eigenvalue weighted by Crippen LogP contribution is -2.37. The highest BCUT2D eigenvalue weighted by Crippen LogP contribution is 2.45. The third-order valence-electron chi connectivity index (χ3n) is 6.87. The van der Waals surface area contributed by atoms with Gasteiger partial charge in [0.2, 0.25) is 0 Å². The first kappa shape index (κ1) is 21.2. The summed E-state index contributed by atoms with van der Waals surface area (Å²) in [6.45, 7) is 2.02. The van der Waals surface area contributed by atoms with Gasteiger partial charge in [-0.2, -0.15) is 0 Å². The SMILES string of the molecule is Cc1ccc([C@H]2Nc3ccccc3-n3c(-c4ccccc4F)c4c(=O)n(C)c(=O)n(C)c4c32)cc1. The van der Waals surface area contributed by atoms with Gasteiger partial charge in [-0.15, -0.1) is 0 Å². The van der Waals surface area contributed by atoms with Crippen molar-refractivity contribution < 1.29 is 4.39 Å². The van der Waals surface area contributed by atoms with Gasteiger partial charge in [-0.3, -0.25) is 13.9 Å². The maximum absolute atomic E-state index is 15.3. The first-order valence-electron chi connectivity index (χ1n) is 11.4. The smallest absolute Gasteiger partial charge is 0.331 e. The van der Waals surface area contributed by atoms with Gasteiger partial charge in [0.15, 0.2) is 0 Å². The lowest BCUT2D eigenvalue weighted by atomic mass is 9.98. The van der Waals surface area contributed by atoms with Gasteiger partial charge in [0.05, 0.1) is 39.7 Å². The van der Waals surface area contributed by atoms with Crippen molar-refractivity contribution in [2.75, 3.05) is 5.32 Å². The minimum absolute atomic E-state index is 0.304. The lowest BCUT2D eigenvalue weighted by Gasteiger charge is -2.31. The van der Waals surface area contributed by atoms with Crippen molar-refractivity contribution in [1.29, 1.82) is 0 Å². The van der Waals surface area contributed by atoms with Crippen LogP contribution in [0.4, 0.5) is 10.1 Å². The summed E-state index contributed by atoms with van der Waals surface area (Å²) in [6.07, 6.45) is 0. The Labute approximate surface area is 200 Å². The molecule has 0 saturated heterocycles. The van der Waals surface area contributed by atoms with Gasteiger partial charge < -0.3 is 9.88 Å². The Morgan fingerprint density at radius 1 is 0.857 bits per heavy atom. The van der Waals surface area contributed by atoms with E-state index in [4.69, 9.17) is 0 Å². The van der Waals surface area contributed by atoms with Gasteiger partial charge in [0.1, 0.15) is 5.82 Å². The highest BCUT2D eigenvalue weighted by molar-refractivity contribution is 5.99. The van der Waals surface area contributed by atoms with E-state index in [0.29, 0.717) is 22.2 Å². The molecule has 1 N–H and O–H groups in total. The van der Waals surface area contributed by atoms with E-state index in [1.165, 1.54) is 17.7 Å². The molecule has 1 aliphatic rings. The monoisotopic (exact) mass is 466 g/mol. The molecule has 0 aliphatic carbocycles. The molecule has 0 unspecified atom stereocenters. The predicted molar refractivity (Wildman–Crippen MR) is 136 cm³/mol. The number of rotatable bonds is 2. The van der Waals surface area contributed by atoms with Crippen LogP contribution in [0.5, 0.6) is 0 Å². The molecule has 2 aromatic heterocycles. The largest absolute Gasteiger partial charge is 0.371 e. The van der Waals surface area contributed by atoms with Crippen molar-refractivity contribution in [1.82, 2.24) is 13.7 Å². The minimum atomic E-state index is -0.455. The van der Waals surface area contributed by atoms with E-state index in [9.17, 15) is 9.59 Å². The molecule has 7 heteroatoms. The van der Waals surface area contributed by atoms with E-state index in [1.807, 2.05) is 60.0 Å². The van der Waals surface area contributed by atoms with Gasteiger partial charge in [0, 0.05) is 19.7 Å². The van der Waals surface area contributed by atoms with Crippen LogP contribution in [0, 0.1) is 12.7 Å². The molecular formula is C28H23FN4O2. The molecule has 0 radical (unpaired) electrons. The summed E-state index contributed by atoms with van der Waals surface area (Å²) in [5.41, 5.74) is 4.80. The second kappa shape index (κ2) is 7.56. The fourth-order valence-electron chi connectivity index (χ4n) is 5.13. The maximum atomic E-state index is 15.3. The number of halogens is 1. The first-order valence-corrected chi connectivity index (χ1v) is 11.4. The Kier molecular flexibility index (Phi) is 4.57. The number of nitrogens with zero attached hydrogens (tertiary/aromatic N) is 3. The Balaban J connectivity index is 1.88. The molecule has 1 aliphatic heterocycles. The zero-order valence-electron chi connectivity index (χ0n) is 19.5. The summed E-state index contributed by atoms with van der Waals surface area (Å²) in [7, 11) is 3.11. The molecule has 1 atom stereocenters. The Bertz CT molecular complexity index is 1760. The van der Waals surface area contributed by atoms with Gasteiger partial charge in [0.25, 0.3) is 5.56 Å². The van der Waals surface area contributed by atoms with Crippen LogP contribution in [-0.2, 0) is 14.1 Å². The molecule has 0 fully saturated rings. The number of anilines is 1. The molecule has 3 aromatic carbocycles. The van der Waals surface area contributed by atoms with E-state index in [1.54, 1.807) is 25.2 Å². The number of hydrogen-bond donors (Lipinski definition) is 1. The van der Waals surface area contributed by atoms with E-state index in [0.717, 1.165) is 32.8 Å². The van der Waals surface area contributed by atoms with Crippen LogP contribution in [0.2, 0.25) is 0 Å². The summed E-state index contributed by atoms with van der Waals surface area (Å²) in [5.74, 6) is -0.437. The second-order valence-electron chi connectivity index (χ2n) is 8.98. The van der Waals surface area contributed by atoms with Crippen molar-refractivity contribution in [3.8, 4) is 16.9 Å². The van der Waals surface area contributed by atoms with Crippen molar-refractivity contribution >= 4 is 16.6 Å². The van der Waals surface area contributed by atoms with Gasteiger partial charge >= 0.3 is 5.69 Å². The van der Waals surface area contributed by atoms with Crippen LogP contribution in [0.25, 0.3) is 27.8 Å². The number of nitrogens with one attached hydrogen (secondary N) is 1. The lowest BCUT2D eigenvalue weighted by molar-refractivity contribution is 0.630. The summed E-state index contributed by atoms with van der Waals surface area (Å²) >= 11 is 0. The quantitative estimate of drug-likeness (QED) is 0.412. The van der Waals surface area contributed by atoms with E-state index in [2.05, 4.69) is 5.32 Å². The van der Waals surface area contributed by atoms with Crippen LogP contribution in [0.15, 0.2) is 82.4 Å². The zero-order valence-corrected chi connectivity index (χ0v) is 19.5. The Hall–Kier alpha value is -4.39. The van der Waals surface area contributed by atoms with Crippen LogP contribution < -0.4 is 16.6 Å². The second-order valence-corrected chi connectivity index (χ2v) is 8.98. The van der Waals surface area contributed by atoms with Crippen molar-refractivity contribution in [3.63, 3.8) is 0 Å². The van der Waals surface area contributed by atoms with Crippen LogP contribution >= 0.6 is 0 Å². The van der Waals surface area contributed by atoms with Crippen molar-refractivity contribution in [3.05, 3.63) is 116 Å². The topological polar surface area (TPSA) is 61.0 Å². The normalized spacial score (nSPS) is 14.5. The van der Waals surface area contributed by atoms with Crippen LogP contribution in [0.3, 0.4) is 0 Å². The third-order valence-corrected chi connectivity index (χ3v) is 6.87. The zero-order chi connectivity index (χ0) is 24.4. The molecular weight excluding hydrogens is 443 g/mol. The number of aromatic nitrogens is 3. The molecule has 5 aromatic rings.